The van der Waals surface area contributed by atoms with Gasteiger partial charge in [-0.2, -0.15) is 5.48 Å². The zero-order chi connectivity index (χ0) is 22.1. The third kappa shape index (κ3) is 6.24. The van der Waals surface area contributed by atoms with Crippen molar-refractivity contribution in [1.82, 2.24) is 5.48 Å². The van der Waals surface area contributed by atoms with Gasteiger partial charge in [-0.1, -0.05) is 48.5 Å². The molecule has 0 aromatic heterocycles. The molecule has 3 aromatic carbocycles. The number of halogens is 1. The van der Waals surface area contributed by atoms with Crippen LogP contribution in [-0.4, -0.2) is 24.5 Å². The second-order valence-electron chi connectivity index (χ2n) is 6.62. The summed E-state index contributed by atoms with van der Waals surface area (Å²) in [5.74, 6) is -3.13. The molecule has 0 saturated heterocycles. The van der Waals surface area contributed by atoms with E-state index in [2.05, 4.69) is 5.48 Å². The van der Waals surface area contributed by atoms with Gasteiger partial charge in [-0.15, -0.1) is 0 Å². The quantitative estimate of drug-likeness (QED) is 0.460. The number of amides is 1. The van der Waals surface area contributed by atoms with E-state index >= 15 is 0 Å². The third-order valence-corrected chi connectivity index (χ3v) is 4.49. The van der Waals surface area contributed by atoms with E-state index in [9.17, 15) is 18.8 Å². The molecule has 7 heteroatoms. The molecule has 1 amide bonds. The second kappa shape index (κ2) is 10.7. The van der Waals surface area contributed by atoms with E-state index < -0.39 is 29.6 Å². The predicted molar refractivity (Wildman–Crippen MR) is 110 cm³/mol. The van der Waals surface area contributed by atoms with Gasteiger partial charge in [0.05, 0.1) is 23.7 Å². The predicted octanol–water partition coefficient (Wildman–Crippen LogP) is 4.04. The maximum atomic E-state index is 13.3. The maximum absolute atomic E-state index is 13.3. The lowest BCUT2D eigenvalue weighted by atomic mass is 9.95. The summed E-state index contributed by atoms with van der Waals surface area (Å²) in [6.45, 7) is -0.0597. The van der Waals surface area contributed by atoms with Crippen molar-refractivity contribution in [2.75, 3.05) is 6.61 Å². The Morgan fingerprint density at radius 1 is 0.774 bits per heavy atom. The van der Waals surface area contributed by atoms with Gasteiger partial charge in [-0.05, 0) is 48.4 Å². The van der Waals surface area contributed by atoms with Crippen molar-refractivity contribution in [1.29, 1.82) is 0 Å². The fourth-order valence-corrected chi connectivity index (χ4v) is 2.87. The van der Waals surface area contributed by atoms with Crippen LogP contribution in [0.1, 0.15) is 38.6 Å². The summed E-state index contributed by atoms with van der Waals surface area (Å²) < 4.78 is 18.5. The Labute approximate surface area is 178 Å². The number of ether oxygens (including phenoxy) is 1. The van der Waals surface area contributed by atoms with Crippen molar-refractivity contribution >= 4 is 17.8 Å². The molecule has 0 aliphatic carbocycles. The molecule has 0 saturated carbocycles. The third-order valence-electron chi connectivity index (χ3n) is 4.49. The van der Waals surface area contributed by atoms with Crippen LogP contribution < -0.4 is 5.48 Å². The van der Waals surface area contributed by atoms with Gasteiger partial charge in [0.1, 0.15) is 5.82 Å². The smallest absolute Gasteiger partial charge is 0.362 e. The zero-order valence-corrected chi connectivity index (χ0v) is 16.5. The van der Waals surface area contributed by atoms with Crippen LogP contribution in [-0.2, 0) is 14.4 Å². The Kier molecular flexibility index (Phi) is 7.48. The van der Waals surface area contributed by atoms with Crippen molar-refractivity contribution in [3.63, 3.8) is 0 Å². The van der Waals surface area contributed by atoms with Crippen LogP contribution in [0.2, 0.25) is 0 Å². The topological polar surface area (TPSA) is 81.7 Å². The van der Waals surface area contributed by atoms with Gasteiger partial charge < -0.3 is 9.57 Å². The van der Waals surface area contributed by atoms with Gasteiger partial charge >= 0.3 is 11.9 Å². The number of hydroxylamine groups is 1. The van der Waals surface area contributed by atoms with Crippen LogP contribution in [0.15, 0.2) is 84.9 Å². The lowest BCUT2D eigenvalue weighted by Gasteiger charge is -2.17. The summed E-state index contributed by atoms with van der Waals surface area (Å²) in [5.41, 5.74) is 3.30. The molecule has 0 fully saturated rings. The van der Waals surface area contributed by atoms with Crippen LogP contribution >= 0.6 is 0 Å². The molecule has 3 rings (SSSR count). The van der Waals surface area contributed by atoms with E-state index in [0.29, 0.717) is 11.1 Å². The minimum Gasteiger partial charge on any atom is -0.462 e. The van der Waals surface area contributed by atoms with Gasteiger partial charge in [-0.25, -0.2) is 14.0 Å². The van der Waals surface area contributed by atoms with Gasteiger partial charge in [0.25, 0.3) is 5.91 Å². The van der Waals surface area contributed by atoms with Crippen LogP contribution in [0.3, 0.4) is 0 Å². The highest BCUT2D eigenvalue weighted by atomic mass is 19.1. The zero-order valence-electron chi connectivity index (χ0n) is 16.5. The highest BCUT2D eigenvalue weighted by Gasteiger charge is 2.23. The van der Waals surface area contributed by atoms with Crippen LogP contribution in [0.5, 0.6) is 0 Å². The number of carbonyl (C=O) groups excluding carboxylic acids is 3. The molecular weight excluding hydrogens is 401 g/mol. The van der Waals surface area contributed by atoms with E-state index in [4.69, 9.17) is 9.57 Å². The summed E-state index contributed by atoms with van der Waals surface area (Å²) in [6, 6.07) is 22.0. The molecule has 1 N–H and O–H groups in total. The molecule has 0 heterocycles. The van der Waals surface area contributed by atoms with Gasteiger partial charge in [-0.3, -0.25) is 4.79 Å². The number of hydrogen-bond donors (Lipinski definition) is 1. The highest BCUT2D eigenvalue weighted by Crippen LogP contribution is 2.21. The Morgan fingerprint density at radius 2 is 1.32 bits per heavy atom. The summed E-state index contributed by atoms with van der Waals surface area (Å²) in [5, 5.41) is 0. The Morgan fingerprint density at radius 3 is 1.90 bits per heavy atom. The van der Waals surface area contributed by atoms with E-state index in [-0.39, 0.29) is 18.6 Å². The Hall–Kier alpha value is -4.00. The highest BCUT2D eigenvalue weighted by molar-refractivity contribution is 5.91. The van der Waals surface area contributed by atoms with Crippen molar-refractivity contribution in [3.05, 3.63) is 107 Å². The SMILES string of the molecule is O=C(OCCC(C(=O)NOC(=O)c1ccccc1)c1ccc(F)cc1)c1ccccc1. The lowest BCUT2D eigenvalue weighted by molar-refractivity contribution is -0.132. The fraction of sp³-hybridized carbons (Fsp3) is 0.125. The normalized spacial score (nSPS) is 11.3. The van der Waals surface area contributed by atoms with Gasteiger partial charge in [0.2, 0.25) is 0 Å². The number of carbonyl (C=O) groups is 3. The molecule has 0 bridgehead atoms. The Bertz CT molecular complexity index is 1020. The number of rotatable bonds is 7. The largest absolute Gasteiger partial charge is 0.462 e. The average Bonchev–Trinajstić information content (AvgIpc) is 2.82. The minimum absolute atomic E-state index is 0.0597. The first-order valence-corrected chi connectivity index (χ1v) is 9.58. The van der Waals surface area contributed by atoms with Crippen LogP contribution in [0.4, 0.5) is 4.39 Å². The Balaban J connectivity index is 1.63. The number of hydrogen-bond acceptors (Lipinski definition) is 5. The monoisotopic (exact) mass is 421 g/mol. The number of benzene rings is 3. The first-order chi connectivity index (χ1) is 15.0. The van der Waals surface area contributed by atoms with Crippen molar-refractivity contribution in [2.24, 2.45) is 0 Å². The molecule has 3 aromatic rings. The molecule has 0 aliphatic rings. The molecular formula is C24H20FNO5. The van der Waals surface area contributed by atoms with E-state index in [1.165, 1.54) is 24.3 Å². The summed E-state index contributed by atoms with van der Waals surface area (Å²) in [7, 11) is 0. The summed E-state index contributed by atoms with van der Waals surface area (Å²) in [4.78, 5) is 41.7. The van der Waals surface area contributed by atoms with E-state index in [1.807, 2.05) is 0 Å². The van der Waals surface area contributed by atoms with E-state index in [0.717, 1.165) is 0 Å². The van der Waals surface area contributed by atoms with Crippen molar-refractivity contribution < 1.29 is 28.3 Å². The lowest BCUT2D eigenvalue weighted by Crippen LogP contribution is -2.32. The standard InChI is InChI=1S/C24H20FNO5/c25-20-13-11-17(12-14-20)21(15-16-30-23(28)18-7-3-1-4-8-18)22(27)26-31-24(29)19-9-5-2-6-10-19/h1-14,21H,15-16H2,(H,26,27). The number of nitrogens with one attached hydrogen (secondary N) is 1. The first-order valence-electron chi connectivity index (χ1n) is 9.58. The first kappa shape index (κ1) is 21.7. The molecule has 1 atom stereocenters. The second-order valence-corrected chi connectivity index (χ2v) is 6.62. The van der Waals surface area contributed by atoms with Gasteiger partial charge in [0, 0.05) is 0 Å². The molecule has 0 aliphatic heterocycles. The average molecular weight is 421 g/mol. The van der Waals surface area contributed by atoms with Gasteiger partial charge in [0.15, 0.2) is 0 Å². The van der Waals surface area contributed by atoms with E-state index in [1.54, 1.807) is 60.7 Å². The molecule has 0 radical (unpaired) electrons. The molecule has 158 valence electrons. The molecule has 1 unspecified atom stereocenters. The number of esters is 1. The summed E-state index contributed by atoms with van der Waals surface area (Å²) in [6.07, 6.45) is 0.110. The van der Waals surface area contributed by atoms with Crippen molar-refractivity contribution in [2.45, 2.75) is 12.3 Å². The van der Waals surface area contributed by atoms with Crippen molar-refractivity contribution in [3.8, 4) is 0 Å². The van der Waals surface area contributed by atoms with Crippen LogP contribution in [0.25, 0.3) is 0 Å². The maximum Gasteiger partial charge on any atom is 0.362 e. The fourth-order valence-electron chi connectivity index (χ4n) is 2.87. The molecule has 0 spiro atoms. The minimum atomic E-state index is -0.826. The summed E-state index contributed by atoms with van der Waals surface area (Å²) >= 11 is 0. The molecule has 6 nitrogen and oxygen atoms in total. The van der Waals surface area contributed by atoms with Crippen LogP contribution in [0, 0.1) is 5.82 Å². The molecule has 31 heavy (non-hydrogen) atoms.